The molecule has 0 fully saturated rings. The van der Waals surface area contributed by atoms with Crippen molar-refractivity contribution in [3.05, 3.63) is 80.1 Å². The van der Waals surface area contributed by atoms with Crippen molar-refractivity contribution in [3.8, 4) is 34.4 Å². The Labute approximate surface area is 242 Å². The van der Waals surface area contributed by atoms with Crippen molar-refractivity contribution in [2.45, 2.75) is 11.8 Å². The summed E-state index contributed by atoms with van der Waals surface area (Å²) in [6.45, 7) is 0.229. The minimum Gasteiger partial charge on any atom is -0.497 e. The summed E-state index contributed by atoms with van der Waals surface area (Å²) in [7, 11) is 4.61. The summed E-state index contributed by atoms with van der Waals surface area (Å²) in [5, 5.41) is 17.7. The fraction of sp³-hybridized carbons (Fsp3) is 0.148. The third-order valence-electron chi connectivity index (χ3n) is 5.38. The van der Waals surface area contributed by atoms with Crippen LogP contribution in [0.15, 0.2) is 69.1 Å². The number of halogens is 2. The van der Waals surface area contributed by atoms with E-state index in [9.17, 15) is 9.90 Å². The molecule has 4 rings (SSSR count). The minimum atomic E-state index is -1.14. The molecule has 0 saturated heterocycles. The maximum atomic E-state index is 12.1. The number of hydrogen-bond donors (Lipinski definition) is 2. The molecule has 0 aliphatic carbocycles. The minimum absolute atomic E-state index is 0.00228. The number of rotatable bonds is 11. The third-order valence-corrected chi connectivity index (χ3v) is 7.22. The lowest BCUT2D eigenvalue weighted by atomic mass is 10.2. The number of aromatic amines is 1. The highest BCUT2D eigenvalue weighted by molar-refractivity contribution is 9.10. The molecule has 2 N–H and O–H groups in total. The van der Waals surface area contributed by atoms with E-state index in [1.807, 2.05) is 18.2 Å². The zero-order valence-electron chi connectivity index (χ0n) is 21.0. The summed E-state index contributed by atoms with van der Waals surface area (Å²) in [6, 6.07) is 16.1. The molecular weight excluding hydrogens is 610 g/mol. The van der Waals surface area contributed by atoms with E-state index in [-0.39, 0.29) is 16.7 Å². The number of carbonyl (C=O) groups is 1. The molecule has 0 spiro atoms. The normalized spacial score (nSPS) is 11.3. The molecule has 3 aromatic carbocycles. The number of aliphatic carboxylic acids is 1. The van der Waals surface area contributed by atoms with Crippen LogP contribution in [0.5, 0.6) is 23.0 Å². The lowest BCUT2D eigenvalue weighted by Crippen LogP contribution is -2.00. The van der Waals surface area contributed by atoms with Gasteiger partial charge in [0.2, 0.25) is 5.16 Å². The molecule has 1 aromatic heterocycles. The van der Waals surface area contributed by atoms with Crippen molar-refractivity contribution >= 4 is 51.3 Å². The van der Waals surface area contributed by atoms with E-state index in [1.165, 1.54) is 13.2 Å². The second-order valence-electron chi connectivity index (χ2n) is 7.90. The predicted molar refractivity (Wildman–Crippen MR) is 153 cm³/mol. The van der Waals surface area contributed by atoms with Crippen molar-refractivity contribution in [3.63, 3.8) is 0 Å². The van der Waals surface area contributed by atoms with E-state index in [0.717, 1.165) is 17.3 Å². The molecule has 202 valence electrons. The molecule has 0 saturated carbocycles. The Hall–Kier alpha value is -3.67. The summed E-state index contributed by atoms with van der Waals surface area (Å²) in [5.41, 5.74) is 2.06. The van der Waals surface area contributed by atoms with Crippen molar-refractivity contribution in [2.75, 3.05) is 21.3 Å². The largest absolute Gasteiger partial charge is 0.497 e. The lowest BCUT2D eigenvalue weighted by Gasteiger charge is -2.14. The summed E-state index contributed by atoms with van der Waals surface area (Å²) in [6.07, 6.45) is 1.50. The smallest absolute Gasteiger partial charge is 0.342 e. The highest BCUT2D eigenvalue weighted by Crippen LogP contribution is 2.39. The fourth-order valence-electron chi connectivity index (χ4n) is 3.48. The van der Waals surface area contributed by atoms with Crippen LogP contribution in [-0.4, -0.2) is 47.6 Å². The van der Waals surface area contributed by atoms with E-state index in [4.69, 9.17) is 30.5 Å². The van der Waals surface area contributed by atoms with Crippen molar-refractivity contribution in [1.29, 1.82) is 0 Å². The van der Waals surface area contributed by atoms with Gasteiger partial charge in [-0.15, -0.1) is 5.10 Å². The first kappa shape index (κ1) is 28.3. The number of nitrogens with one attached hydrogen (secondary N) is 1. The summed E-state index contributed by atoms with van der Waals surface area (Å²) in [5.74, 6) is 1.35. The standard InChI is InChI=1S/C27H23BrClN3O6S/c1-35-18-11-17(12-19(13-18)36-2)25-30-27(32-31-25)39-23(26(33)34)10-15-8-20(28)24(22(9-15)37-3)38-14-16-6-4-5-7-21(16)29/h4-13H,14H2,1-3H3,(H,33,34)(H,30,31,32)/b23-10-. The Morgan fingerprint density at radius 3 is 2.44 bits per heavy atom. The molecule has 12 heteroatoms. The van der Waals surface area contributed by atoms with Gasteiger partial charge in [0.25, 0.3) is 0 Å². The van der Waals surface area contributed by atoms with Crippen LogP contribution in [0.4, 0.5) is 0 Å². The number of hydrogen-bond acceptors (Lipinski definition) is 8. The Kier molecular flexibility index (Phi) is 9.39. The van der Waals surface area contributed by atoms with Crippen LogP contribution in [0.3, 0.4) is 0 Å². The number of benzene rings is 3. The van der Waals surface area contributed by atoms with Crippen LogP contribution in [0.2, 0.25) is 5.02 Å². The van der Waals surface area contributed by atoms with Gasteiger partial charge in [-0.2, -0.15) is 0 Å². The van der Waals surface area contributed by atoms with E-state index in [0.29, 0.717) is 49.4 Å². The van der Waals surface area contributed by atoms with Gasteiger partial charge in [0.05, 0.1) is 25.8 Å². The quantitative estimate of drug-likeness (QED) is 0.137. The third kappa shape index (κ3) is 7.05. The van der Waals surface area contributed by atoms with E-state index in [2.05, 4.69) is 31.1 Å². The first-order chi connectivity index (χ1) is 18.8. The van der Waals surface area contributed by atoms with Gasteiger partial charge >= 0.3 is 5.97 Å². The Bertz CT molecular complexity index is 1510. The second-order valence-corrected chi connectivity index (χ2v) is 10.2. The number of methoxy groups -OCH3 is 3. The van der Waals surface area contributed by atoms with Crippen LogP contribution in [-0.2, 0) is 11.4 Å². The fourth-order valence-corrected chi connectivity index (χ4v) is 4.95. The predicted octanol–water partition coefficient (Wildman–Crippen LogP) is 6.71. The van der Waals surface area contributed by atoms with Crippen molar-refractivity contribution in [2.24, 2.45) is 0 Å². The molecule has 0 aliphatic rings. The van der Waals surface area contributed by atoms with Crippen LogP contribution in [0.25, 0.3) is 17.5 Å². The highest BCUT2D eigenvalue weighted by atomic mass is 79.9. The number of ether oxygens (including phenoxy) is 4. The Morgan fingerprint density at radius 1 is 1.08 bits per heavy atom. The maximum Gasteiger partial charge on any atom is 0.342 e. The van der Waals surface area contributed by atoms with Crippen molar-refractivity contribution < 1.29 is 28.8 Å². The van der Waals surface area contributed by atoms with Crippen LogP contribution < -0.4 is 18.9 Å². The van der Waals surface area contributed by atoms with Crippen LogP contribution in [0.1, 0.15) is 11.1 Å². The van der Waals surface area contributed by atoms with Gasteiger partial charge in [-0.1, -0.05) is 29.8 Å². The molecule has 0 radical (unpaired) electrons. The second kappa shape index (κ2) is 12.9. The topological polar surface area (TPSA) is 116 Å². The number of carboxylic acids is 1. The summed E-state index contributed by atoms with van der Waals surface area (Å²) >= 11 is 10.6. The first-order valence-electron chi connectivity index (χ1n) is 11.3. The number of H-pyrrole nitrogens is 1. The molecule has 0 unspecified atom stereocenters. The maximum absolute atomic E-state index is 12.1. The van der Waals surface area contributed by atoms with Gasteiger partial charge in [0.15, 0.2) is 17.3 Å². The number of carboxylic acid groups (broad SMARTS) is 1. The van der Waals surface area contributed by atoms with Crippen LogP contribution >= 0.6 is 39.3 Å². The summed E-state index contributed by atoms with van der Waals surface area (Å²) < 4.78 is 22.7. The number of aromatic nitrogens is 3. The highest BCUT2D eigenvalue weighted by Gasteiger charge is 2.17. The molecule has 0 aliphatic heterocycles. The number of nitrogens with zero attached hydrogens (tertiary/aromatic N) is 2. The summed E-state index contributed by atoms with van der Waals surface area (Å²) in [4.78, 5) is 16.5. The molecular formula is C27H23BrClN3O6S. The number of thioether (sulfide) groups is 1. The van der Waals surface area contributed by atoms with Gasteiger partial charge in [-0.25, -0.2) is 9.78 Å². The monoisotopic (exact) mass is 631 g/mol. The van der Waals surface area contributed by atoms with Gasteiger partial charge in [0, 0.05) is 22.2 Å². The molecule has 1 heterocycles. The molecule has 0 bridgehead atoms. The first-order valence-corrected chi connectivity index (χ1v) is 13.3. The van der Waals surface area contributed by atoms with Gasteiger partial charge < -0.3 is 24.1 Å². The van der Waals surface area contributed by atoms with Gasteiger partial charge in [0.1, 0.15) is 23.0 Å². The Morgan fingerprint density at radius 2 is 1.79 bits per heavy atom. The van der Waals surface area contributed by atoms with Crippen molar-refractivity contribution in [1.82, 2.24) is 15.2 Å². The van der Waals surface area contributed by atoms with Crippen LogP contribution in [0, 0.1) is 0 Å². The molecule has 0 atom stereocenters. The van der Waals surface area contributed by atoms with Gasteiger partial charge in [-0.3, -0.25) is 5.10 Å². The van der Waals surface area contributed by atoms with Gasteiger partial charge in [-0.05, 0) is 69.7 Å². The Balaban J connectivity index is 1.57. The van der Waals surface area contributed by atoms with E-state index in [1.54, 1.807) is 50.6 Å². The SMILES string of the molecule is COc1cc(OC)cc(-c2nc(S/C(=C\c3cc(Br)c(OCc4ccccc4Cl)c(OC)c3)C(=O)O)n[nH]2)c1. The molecule has 9 nitrogen and oxygen atoms in total. The van der Waals surface area contributed by atoms with E-state index >= 15 is 0 Å². The zero-order valence-corrected chi connectivity index (χ0v) is 24.2. The average molecular weight is 633 g/mol. The zero-order chi connectivity index (χ0) is 27.9. The average Bonchev–Trinajstić information content (AvgIpc) is 3.41. The molecule has 39 heavy (non-hydrogen) atoms. The van der Waals surface area contributed by atoms with E-state index < -0.39 is 5.97 Å². The molecule has 4 aromatic rings. The molecule has 0 amide bonds. The lowest BCUT2D eigenvalue weighted by molar-refractivity contribution is -0.131.